The van der Waals surface area contributed by atoms with Gasteiger partial charge < -0.3 is 21.4 Å². The van der Waals surface area contributed by atoms with Crippen molar-refractivity contribution < 1.29 is 0 Å². The Morgan fingerprint density at radius 2 is 2.14 bits per heavy atom. The lowest BCUT2D eigenvalue weighted by Gasteiger charge is -2.09. The van der Waals surface area contributed by atoms with Gasteiger partial charge in [0, 0.05) is 29.0 Å². The minimum atomic E-state index is 0.743. The molecule has 5 N–H and O–H groups in total. The van der Waals surface area contributed by atoms with Gasteiger partial charge in [0.2, 0.25) is 0 Å². The van der Waals surface area contributed by atoms with Crippen molar-refractivity contribution >= 4 is 46.6 Å². The van der Waals surface area contributed by atoms with E-state index in [0.717, 1.165) is 44.4 Å². The second-order valence-electron chi connectivity index (χ2n) is 6.24. The zero-order valence-electron chi connectivity index (χ0n) is 16.3. The molecule has 0 spiro atoms. The van der Waals surface area contributed by atoms with E-state index in [0.29, 0.717) is 0 Å². The molecule has 0 amide bonds. The maximum atomic E-state index is 5.98. The van der Waals surface area contributed by atoms with Gasteiger partial charge in [-0.25, -0.2) is 0 Å². The molecule has 0 saturated heterocycles. The number of thiol groups is 1. The van der Waals surface area contributed by atoms with E-state index in [1.807, 2.05) is 57.6 Å². The number of rotatable bonds is 5. The number of allylic oxidation sites excluding steroid dienone is 3. The Kier molecular flexibility index (Phi) is 8.44. The minimum Gasteiger partial charge on any atom is -0.405 e. The van der Waals surface area contributed by atoms with Crippen molar-refractivity contribution in [3.8, 4) is 0 Å². The van der Waals surface area contributed by atoms with Gasteiger partial charge in [-0.05, 0) is 67.9 Å². The van der Waals surface area contributed by atoms with Crippen LogP contribution in [0.3, 0.4) is 0 Å². The van der Waals surface area contributed by atoms with Gasteiger partial charge in [-0.2, -0.15) is 0 Å². The van der Waals surface area contributed by atoms with Crippen LogP contribution >= 0.6 is 24.2 Å². The van der Waals surface area contributed by atoms with Gasteiger partial charge in [-0.3, -0.25) is 4.98 Å². The highest BCUT2D eigenvalue weighted by molar-refractivity contribution is 7.84. The predicted molar refractivity (Wildman–Crippen MR) is 124 cm³/mol. The number of aromatic amines is 1. The van der Waals surface area contributed by atoms with Gasteiger partial charge in [0.1, 0.15) is 0 Å². The van der Waals surface area contributed by atoms with Crippen molar-refractivity contribution in [2.45, 2.75) is 20.4 Å². The van der Waals surface area contributed by atoms with Gasteiger partial charge in [0.15, 0.2) is 0 Å². The van der Waals surface area contributed by atoms with Crippen molar-refractivity contribution in [1.29, 1.82) is 0 Å². The monoisotopic (exact) mass is 415 g/mol. The lowest BCUT2D eigenvalue weighted by atomic mass is 10.2. The van der Waals surface area contributed by atoms with Crippen LogP contribution in [0, 0.1) is 6.92 Å². The Bertz CT molecular complexity index is 974. The number of benzene rings is 1. The molecule has 0 aliphatic carbocycles. The van der Waals surface area contributed by atoms with E-state index in [9.17, 15) is 0 Å². The van der Waals surface area contributed by atoms with Crippen molar-refractivity contribution in [1.82, 2.24) is 15.3 Å². The van der Waals surface area contributed by atoms with E-state index >= 15 is 0 Å². The number of halogens is 1. The van der Waals surface area contributed by atoms with E-state index in [1.165, 1.54) is 11.8 Å². The summed E-state index contributed by atoms with van der Waals surface area (Å²) in [7, 11) is 1.93. The third-order valence-electron chi connectivity index (χ3n) is 3.88. The molecule has 0 atom stereocenters. The van der Waals surface area contributed by atoms with E-state index in [4.69, 9.17) is 17.3 Å². The first kappa shape index (κ1) is 21.9. The van der Waals surface area contributed by atoms with Crippen molar-refractivity contribution in [3.05, 3.63) is 76.1 Å². The molecule has 0 saturated carbocycles. The Morgan fingerprint density at radius 1 is 1.36 bits per heavy atom. The molecule has 2 aromatic heterocycles. The highest BCUT2D eigenvalue weighted by atomic mass is 35.5. The number of nitrogens with one attached hydrogen (secondary N) is 3. The number of aromatic nitrogens is 2. The van der Waals surface area contributed by atoms with E-state index < -0.39 is 0 Å². The summed E-state index contributed by atoms with van der Waals surface area (Å²) in [6.45, 7) is 4.72. The molecular weight excluding hydrogens is 390 g/mol. The molecule has 1 aromatic carbocycles. The molecule has 3 aromatic rings. The van der Waals surface area contributed by atoms with Crippen LogP contribution in [0.1, 0.15) is 18.1 Å². The highest BCUT2D eigenvalue weighted by Crippen LogP contribution is 2.25. The van der Waals surface area contributed by atoms with E-state index in [2.05, 4.69) is 39.3 Å². The lowest BCUT2D eigenvalue weighted by molar-refractivity contribution is 0.822. The molecule has 28 heavy (non-hydrogen) atoms. The molecular formula is C21H26ClN5S. The SMILES string of the molecule is C/C(S)=C\C=C/N.CNCc1c[nH]c2cc(Nc3ccc(Cl)cc3C)cnc12. The van der Waals surface area contributed by atoms with Gasteiger partial charge in [-0.15, -0.1) is 12.6 Å². The summed E-state index contributed by atoms with van der Waals surface area (Å²) >= 11 is 9.97. The molecule has 0 bridgehead atoms. The molecule has 0 radical (unpaired) electrons. The maximum Gasteiger partial charge on any atom is 0.0925 e. The van der Waals surface area contributed by atoms with Crippen LogP contribution in [0.2, 0.25) is 5.02 Å². The van der Waals surface area contributed by atoms with Crippen molar-refractivity contribution in [2.75, 3.05) is 12.4 Å². The average molecular weight is 416 g/mol. The maximum absolute atomic E-state index is 5.98. The summed E-state index contributed by atoms with van der Waals surface area (Å²) in [5.74, 6) is 0. The Morgan fingerprint density at radius 3 is 2.75 bits per heavy atom. The van der Waals surface area contributed by atoms with Gasteiger partial charge in [0.05, 0.1) is 22.9 Å². The topological polar surface area (TPSA) is 78.8 Å². The first-order chi connectivity index (χ1) is 13.4. The Hall–Kier alpha value is -2.41. The molecule has 0 aliphatic rings. The molecule has 0 unspecified atom stereocenters. The van der Waals surface area contributed by atoms with E-state index in [1.54, 1.807) is 6.08 Å². The number of pyridine rings is 1. The lowest BCUT2D eigenvalue weighted by Crippen LogP contribution is -2.04. The van der Waals surface area contributed by atoms with Crippen LogP contribution < -0.4 is 16.4 Å². The molecule has 148 valence electrons. The van der Waals surface area contributed by atoms with Crippen molar-refractivity contribution in [2.24, 2.45) is 5.73 Å². The number of hydrogen-bond donors (Lipinski definition) is 5. The molecule has 0 aliphatic heterocycles. The third kappa shape index (κ3) is 6.34. The highest BCUT2D eigenvalue weighted by Gasteiger charge is 2.06. The number of aryl methyl sites for hydroxylation is 1. The molecule has 5 nitrogen and oxygen atoms in total. The fraction of sp³-hybridized carbons (Fsp3) is 0.190. The van der Waals surface area contributed by atoms with Gasteiger partial charge in [0.25, 0.3) is 0 Å². The smallest absolute Gasteiger partial charge is 0.0925 e. The number of H-pyrrole nitrogens is 1. The number of nitrogens with zero attached hydrogens (tertiary/aromatic N) is 1. The normalized spacial score (nSPS) is 11.5. The zero-order chi connectivity index (χ0) is 20.5. The molecule has 7 heteroatoms. The van der Waals surface area contributed by atoms with Crippen LogP contribution in [-0.4, -0.2) is 17.0 Å². The zero-order valence-corrected chi connectivity index (χ0v) is 17.9. The third-order valence-corrected chi connectivity index (χ3v) is 4.26. The van der Waals surface area contributed by atoms with Crippen LogP contribution in [0.4, 0.5) is 11.4 Å². The first-order valence-electron chi connectivity index (χ1n) is 8.82. The van der Waals surface area contributed by atoms with E-state index in [-0.39, 0.29) is 0 Å². The standard InChI is InChI=1S/C16H17ClN4.C5H9NS/c1-10-5-12(17)3-4-14(10)21-13-6-15-16(20-9-13)11(7-18-2)8-19-15;1-5(7)3-2-4-6/h3-6,8-9,18-19,21H,7H2,1-2H3;2-4,7H,6H2,1H3/b;4-2-,5-3+. The molecule has 0 fully saturated rings. The predicted octanol–water partition coefficient (Wildman–Crippen LogP) is 5.28. The summed E-state index contributed by atoms with van der Waals surface area (Å²) in [4.78, 5) is 8.76. The average Bonchev–Trinajstić information content (AvgIpc) is 3.05. The Labute approximate surface area is 176 Å². The molecule has 3 rings (SSSR count). The quantitative estimate of drug-likeness (QED) is 0.290. The summed E-state index contributed by atoms with van der Waals surface area (Å²) in [6.07, 6.45) is 8.88. The first-order valence-corrected chi connectivity index (χ1v) is 9.65. The minimum absolute atomic E-state index is 0.743. The van der Waals surface area contributed by atoms with Crippen LogP contribution in [0.25, 0.3) is 11.0 Å². The fourth-order valence-electron chi connectivity index (χ4n) is 2.58. The second kappa shape index (κ2) is 10.8. The fourth-order valence-corrected chi connectivity index (χ4v) is 2.89. The van der Waals surface area contributed by atoms with Crippen LogP contribution in [-0.2, 0) is 6.54 Å². The van der Waals surface area contributed by atoms with Crippen molar-refractivity contribution in [3.63, 3.8) is 0 Å². The second-order valence-corrected chi connectivity index (χ2v) is 7.38. The Balaban J connectivity index is 0.000000345. The van der Waals surface area contributed by atoms with Gasteiger partial charge >= 0.3 is 0 Å². The number of nitrogens with two attached hydrogens (primary N) is 1. The largest absolute Gasteiger partial charge is 0.405 e. The number of hydrogen-bond acceptors (Lipinski definition) is 5. The molecule has 2 heterocycles. The number of fused-ring (bicyclic) bond motifs is 1. The summed E-state index contributed by atoms with van der Waals surface area (Å²) in [5, 5.41) is 7.26. The summed E-state index contributed by atoms with van der Waals surface area (Å²) < 4.78 is 0. The van der Waals surface area contributed by atoms with Gasteiger partial charge in [-0.1, -0.05) is 17.7 Å². The number of anilines is 2. The summed E-state index contributed by atoms with van der Waals surface area (Å²) in [6, 6.07) is 7.86. The van der Waals surface area contributed by atoms with Crippen LogP contribution in [0.15, 0.2) is 59.9 Å². The van der Waals surface area contributed by atoms with Crippen LogP contribution in [0.5, 0.6) is 0 Å². The summed E-state index contributed by atoms with van der Waals surface area (Å²) in [5.41, 5.74) is 11.3.